The third-order valence-corrected chi connectivity index (χ3v) is 6.55. The Bertz CT molecular complexity index is 967. The van der Waals surface area contributed by atoms with Crippen LogP contribution in [0.5, 0.6) is 5.75 Å². The van der Waals surface area contributed by atoms with Gasteiger partial charge in [-0.15, -0.1) is 0 Å². The number of nitro groups is 1. The molecule has 0 saturated carbocycles. The van der Waals surface area contributed by atoms with E-state index in [9.17, 15) is 14.9 Å². The summed E-state index contributed by atoms with van der Waals surface area (Å²) in [5.41, 5.74) is 3.59. The Labute approximate surface area is 182 Å². The van der Waals surface area contributed by atoms with E-state index in [1.54, 1.807) is 7.11 Å². The molecular formula is C25H28N2O4. The van der Waals surface area contributed by atoms with Gasteiger partial charge in [0.1, 0.15) is 12.0 Å². The van der Waals surface area contributed by atoms with E-state index < -0.39 is 6.04 Å². The number of ether oxygens (including phenoxy) is 1. The number of methoxy groups -OCH3 is 1. The molecule has 0 N–H and O–H groups in total. The normalized spacial score (nSPS) is 23.3. The Morgan fingerprint density at radius 1 is 1.16 bits per heavy atom. The predicted octanol–water partition coefficient (Wildman–Crippen LogP) is 4.41. The molecule has 31 heavy (non-hydrogen) atoms. The van der Waals surface area contributed by atoms with Gasteiger partial charge in [0.2, 0.25) is 6.04 Å². The highest BCUT2D eigenvalue weighted by atomic mass is 16.6. The van der Waals surface area contributed by atoms with Gasteiger partial charge in [0.15, 0.2) is 0 Å². The molecule has 2 aliphatic rings. The number of carbonyl (C=O) groups excluding carboxylic acids is 1. The molecule has 1 aliphatic carbocycles. The van der Waals surface area contributed by atoms with E-state index in [1.807, 2.05) is 36.4 Å². The molecule has 3 atom stereocenters. The zero-order valence-electron chi connectivity index (χ0n) is 17.8. The lowest BCUT2D eigenvalue weighted by Gasteiger charge is -2.32. The van der Waals surface area contributed by atoms with E-state index in [0.29, 0.717) is 12.0 Å². The van der Waals surface area contributed by atoms with E-state index >= 15 is 0 Å². The molecule has 2 aromatic rings. The van der Waals surface area contributed by atoms with Crippen molar-refractivity contribution < 1.29 is 14.5 Å². The lowest BCUT2D eigenvalue weighted by Crippen LogP contribution is -2.36. The first kappa shape index (κ1) is 21.1. The molecule has 162 valence electrons. The molecule has 2 aromatic carbocycles. The van der Waals surface area contributed by atoms with Gasteiger partial charge >= 0.3 is 0 Å². The lowest BCUT2D eigenvalue weighted by atomic mass is 9.71. The summed E-state index contributed by atoms with van der Waals surface area (Å²) in [7, 11) is 1.66. The quantitative estimate of drug-likeness (QED) is 0.377. The van der Waals surface area contributed by atoms with Crippen LogP contribution >= 0.6 is 0 Å². The minimum atomic E-state index is -0.826. The SMILES string of the molecule is COc1cc(N2CCCC2)ccc1C[C@H]1C=C(C=O)C[C@H]([N+](=O)[O-])[C@@H]1c1ccccc1. The van der Waals surface area contributed by atoms with Gasteiger partial charge in [-0.3, -0.25) is 14.9 Å². The van der Waals surface area contributed by atoms with Crippen molar-refractivity contribution in [3.8, 4) is 5.75 Å². The molecule has 1 fully saturated rings. The molecule has 6 heteroatoms. The van der Waals surface area contributed by atoms with Crippen LogP contribution in [0.4, 0.5) is 5.69 Å². The average Bonchev–Trinajstić information content (AvgIpc) is 3.34. The summed E-state index contributed by atoms with van der Waals surface area (Å²) in [6, 6.07) is 15.0. The summed E-state index contributed by atoms with van der Waals surface area (Å²) >= 11 is 0. The van der Waals surface area contributed by atoms with Crippen LogP contribution in [0.15, 0.2) is 60.2 Å². The highest BCUT2D eigenvalue weighted by Crippen LogP contribution is 2.41. The van der Waals surface area contributed by atoms with Crippen molar-refractivity contribution in [2.45, 2.75) is 37.6 Å². The molecule has 0 radical (unpaired) electrons. The molecule has 1 saturated heterocycles. The number of benzene rings is 2. The van der Waals surface area contributed by atoms with Crippen molar-refractivity contribution in [1.29, 1.82) is 0 Å². The van der Waals surface area contributed by atoms with Crippen LogP contribution in [0.25, 0.3) is 0 Å². The molecule has 1 heterocycles. The van der Waals surface area contributed by atoms with Crippen molar-refractivity contribution in [2.24, 2.45) is 5.92 Å². The summed E-state index contributed by atoms with van der Waals surface area (Å²) in [6.07, 6.45) is 5.83. The van der Waals surface area contributed by atoms with Gasteiger partial charge in [-0.05, 0) is 47.9 Å². The second-order valence-corrected chi connectivity index (χ2v) is 8.41. The summed E-state index contributed by atoms with van der Waals surface area (Å²) in [6.45, 7) is 2.11. The van der Waals surface area contributed by atoms with Crippen LogP contribution in [0.3, 0.4) is 0 Å². The summed E-state index contributed by atoms with van der Waals surface area (Å²) in [5, 5.41) is 11.9. The molecule has 0 bridgehead atoms. The van der Waals surface area contributed by atoms with Gasteiger partial charge in [-0.1, -0.05) is 42.5 Å². The lowest BCUT2D eigenvalue weighted by molar-refractivity contribution is -0.528. The third kappa shape index (κ3) is 4.48. The van der Waals surface area contributed by atoms with Crippen LogP contribution in [0.2, 0.25) is 0 Å². The zero-order chi connectivity index (χ0) is 21.8. The van der Waals surface area contributed by atoms with Crippen LogP contribution in [-0.2, 0) is 11.2 Å². The number of aldehydes is 1. The standard InChI is InChI=1S/C25H28N2O4/c1-31-24-16-22(26-11-5-6-12-26)10-9-20(24)15-21-13-18(17-28)14-23(27(29)30)25(21)19-7-3-2-4-8-19/h2-4,7-10,13,16-17,21,23,25H,5-6,11-12,14-15H2,1H3/t21-,23+,25-/m1/s1. The number of rotatable bonds is 7. The fourth-order valence-corrected chi connectivity index (χ4v) is 5.05. The maximum Gasteiger partial charge on any atom is 0.224 e. The van der Waals surface area contributed by atoms with E-state index in [1.165, 1.54) is 12.8 Å². The van der Waals surface area contributed by atoms with E-state index in [4.69, 9.17) is 4.74 Å². The second-order valence-electron chi connectivity index (χ2n) is 8.41. The van der Waals surface area contributed by atoms with Crippen molar-refractivity contribution >= 4 is 12.0 Å². The number of nitrogens with zero attached hydrogens (tertiary/aromatic N) is 2. The van der Waals surface area contributed by atoms with Crippen molar-refractivity contribution in [2.75, 3.05) is 25.1 Å². The Balaban J connectivity index is 1.69. The van der Waals surface area contributed by atoms with Crippen LogP contribution in [-0.4, -0.2) is 37.5 Å². The van der Waals surface area contributed by atoms with E-state index in [-0.39, 0.29) is 23.2 Å². The summed E-state index contributed by atoms with van der Waals surface area (Å²) in [5.74, 6) is 0.321. The first-order valence-electron chi connectivity index (χ1n) is 10.9. The van der Waals surface area contributed by atoms with Gasteiger partial charge < -0.3 is 9.64 Å². The van der Waals surface area contributed by atoms with Gasteiger partial charge in [0.05, 0.1) is 13.0 Å². The zero-order valence-corrected chi connectivity index (χ0v) is 17.8. The molecule has 0 unspecified atom stereocenters. The Hall–Kier alpha value is -3.15. The van der Waals surface area contributed by atoms with Crippen molar-refractivity contribution in [3.63, 3.8) is 0 Å². The molecule has 6 nitrogen and oxygen atoms in total. The first-order valence-corrected chi connectivity index (χ1v) is 10.9. The first-order chi connectivity index (χ1) is 15.1. The topological polar surface area (TPSA) is 72.7 Å². The molecule has 0 amide bonds. The Morgan fingerprint density at radius 3 is 2.55 bits per heavy atom. The van der Waals surface area contributed by atoms with Crippen molar-refractivity contribution in [1.82, 2.24) is 0 Å². The minimum absolute atomic E-state index is 0.164. The fraction of sp³-hybridized carbons (Fsp3) is 0.400. The molecule has 0 aromatic heterocycles. The molecular weight excluding hydrogens is 392 g/mol. The number of anilines is 1. The minimum Gasteiger partial charge on any atom is -0.496 e. The van der Waals surface area contributed by atoms with Crippen LogP contribution in [0.1, 0.15) is 36.3 Å². The second kappa shape index (κ2) is 9.33. The predicted molar refractivity (Wildman–Crippen MR) is 120 cm³/mol. The van der Waals surface area contributed by atoms with Crippen molar-refractivity contribution in [3.05, 3.63) is 81.4 Å². The fourth-order valence-electron chi connectivity index (χ4n) is 5.05. The van der Waals surface area contributed by atoms with Crippen LogP contribution in [0, 0.1) is 16.0 Å². The molecule has 1 aliphatic heterocycles. The number of carbonyl (C=O) groups is 1. The Morgan fingerprint density at radius 2 is 1.90 bits per heavy atom. The molecule has 4 rings (SSSR count). The number of hydrogen-bond acceptors (Lipinski definition) is 5. The van der Waals surface area contributed by atoms with E-state index in [2.05, 4.69) is 23.1 Å². The van der Waals surface area contributed by atoms with Gasteiger partial charge in [-0.25, -0.2) is 0 Å². The maximum atomic E-state index is 11.9. The van der Waals surface area contributed by atoms with Gasteiger partial charge in [0, 0.05) is 36.2 Å². The molecule has 0 spiro atoms. The average molecular weight is 421 g/mol. The largest absolute Gasteiger partial charge is 0.496 e. The summed E-state index contributed by atoms with van der Waals surface area (Å²) in [4.78, 5) is 25.6. The highest BCUT2D eigenvalue weighted by Gasteiger charge is 2.41. The Kier molecular flexibility index (Phi) is 6.35. The van der Waals surface area contributed by atoms with Crippen LogP contribution < -0.4 is 9.64 Å². The highest BCUT2D eigenvalue weighted by molar-refractivity contribution is 5.74. The third-order valence-electron chi connectivity index (χ3n) is 6.55. The maximum absolute atomic E-state index is 11.9. The number of hydrogen-bond donors (Lipinski definition) is 0. The van der Waals surface area contributed by atoms with Gasteiger partial charge in [-0.2, -0.15) is 0 Å². The monoisotopic (exact) mass is 420 g/mol. The smallest absolute Gasteiger partial charge is 0.224 e. The van der Waals surface area contributed by atoms with Gasteiger partial charge in [0.25, 0.3) is 0 Å². The summed E-state index contributed by atoms with van der Waals surface area (Å²) < 4.78 is 5.70. The number of allylic oxidation sites excluding steroid dienone is 1. The van der Waals surface area contributed by atoms with E-state index in [0.717, 1.165) is 41.9 Å².